The van der Waals surface area contributed by atoms with Crippen molar-refractivity contribution in [2.75, 3.05) is 5.75 Å². The van der Waals surface area contributed by atoms with Crippen LogP contribution in [-0.4, -0.2) is 10.5 Å². The van der Waals surface area contributed by atoms with Crippen molar-refractivity contribution in [2.24, 2.45) is 0 Å². The molecule has 0 N–H and O–H groups in total. The zero-order chi connectivity index (χ0) is 8.74. The zero-order valence-electron chi connectivity index (χ0n) is 7.68. The summed E-state index contributed by atoms with van der Waals surface area (Å²) in [6.07, 6.45) is 2.94. The van der Waals surface area contributed by atoms with Gasteiger partial charge >= 0.3 is 0 Å². The number of rotatable bonds is 4. The fourth-order valence-electron chi connectivity index (χ4n) is 0.684. The molecule has 0 heterocycles. The smallest absolute Gasteiger partial charge is 0.0621 e. The van der Waals surface area contributed by atoms with Gasteiger partial charge in [-0.3, -0.25) is 0 Å². The maximum Gasteiger partial charge on any atom is 0.0621 e. The highest BCUT2D eigenvalue weighted by Crippen LogP contribution is 2.24. The van der Waals surface area contributed by atoms with Gasteiger partial charge in [0.15, 0.2) is 0 Å². The van der Waals surface area contributed by atoms with E-state index >= 15 is 0 Å². The predicted octanol–water partition coefficient (Wildman–Crippen LogP) is 3.21. The van der Waals surface area contributed by atoms with E-state index in [0.717, 1.165) is 6.42 Å². The molecule has 0 aromatic carbocycles. The minimum Gasteiger partial charge on any atom is -0.198 e. The third kappa shape index (κ3) is 9.84. The van der Waals surface area contributed by atoms with Crippen LogP contribution in [0.5, 0.6) is 0 Å². The van der Waals surface area contributed by atoms with Crippen LogP contribution in [-0.2, 0) is 0 Å². The second-order valence-electron chi connectivity index (χ2n) is 3.58. The molecule has 0 aliphatic carbocycles. The van der Waals surface area contributed by atoms with Gasteiger partial charge in [0.25, 0.3) is 0 Å². The molecule has 0 unspecified atom stereocenters. The Morgan fingerprint density at radius 1 is 1.27 bits per heavy atom. The fraction of sp³-hybridized carbons (Fsp3) is 0.889. The van der Waals surface area contributed by atoms with Crippen molar-refractivity contribution in [1.29, 1.82) is 5.26 Å². The van der Waals surface area contributed by atoms with Crippen molar-refractivity contribution in [3.63, 3.8) is 0 Å². The van der Waals surface area contributed by atoms with Crippen LogP contribution in [0.25, 0.3) is 0 Å². The third-order valence-corrected chi connectivity index (χ3v) is 2.58. The minimum atomic E-state index is 0.382. The Hall–Kier alpha value is -0.160. The summed E-state index contributed by atoms with van der Waals surface area (Å²) in [4.78, 5) is 0. The Labute approximate surface area is 74.2 Å². The molecule has 0 spiro atoms. The van der Waals surface area contributed by atoms with Crippen molar-refractivity contribution in [1.82, 2.24) is 0 Å². The molecule has 0 saturated carbocycles. The summed E-state index contributed by atoms with van der Waals surface area (Å²) in [6, 6.07) is 2.16. The van der Waals surface area contributed by atoms with E-state index in [-0.39, 0.29) is 0 Å². The van der Waals surface area contributed by atoms with E-state index in [0.29, 0.717) is 11.2 Å². The number of hydrogen-bond donors (Lipinski definition) is 0. The molecular formula is C9H17NS. The number of hydrogen-bond acceptors (Lipinski definition) is 2. The summed E-state index contributed by atoms with van der Waals surface area (Å²) < 4.78 is 0.382. The fourth-order valence-corrected chi connectivity index (χ4v) is 1.65. The highest BCUT2D eigenvalue weighted by molar-refractivity contribution is 8.00. The van der Waals surface area contributed by atoms with Crippen molar-refractivity contribution in [3.05, 3.63) is 0 Å². The molecule has 0 aliphatic rings. The first-order valence-corrected chi connectivity index (χ1v) is 5.06. The standard InChI is InChI=1S/C9H17NS/c1-9(2,3)11-8-6-4-5-7-10/h4-6,8H2,1-3H3. The molecule has 0 amide bonds. The molecule has 0 aliphatic heterocycles. The van der Waals surface area contributed by atoms with Crippen molar-refractivity contribution < 1.29 is 0 Å². The molecule has 0 saturated heterocycles. The molecule has 0 atom stereocenters. The van der Waals surface area contributed by atoms with Gasteiger partial charge < -0.3 is 0 Å². The summed E-state index contributed by atoms with van der Waals surface area (Å²) in [5.41, 5.74) is 0. The first-order chi connectivity index (χ1) is 5.06. The molecule has 0 rings (SSSR count). The van der Waals surface area contributed by atoms with Gasteiger partial charge in [0.1, 0.15) is 0 Å². The van der Waals surface area contributed by atoms with Gasteiger partial charge in [-0.15, -0.1) is 0 Å². The summed E-state index contributed by atoms with van der Waals surface area (Å²) in [6.45, 7) is 6.67. The van der Waals surface area contributed by atoms with Gasteiger partial charge in [-0.2, -0.15) is 17.0 Å². The first kappa shape index (κ1) is 10.8. The van der Waals surface area contributed by atoms with Gasteiger partial charge in [0, 0.05) is 11.2 Å². The van der Waals surface area contributed by atoms with Gasteiger partial charge in [-0.25, -0.2) is 0 Å². The molecule has 1 nitrogen and oxygen atoms in total. The van der Waals surface area contributed by atoms with Crippen LogP contribution in [0.1, 0.15) is 40.0 Å². The lowest BCUT2D eigenvalue weighted by Crippen LogP contribution is -2.07. The average molecular weight is 171 g/mol. The normalized spacial score (nSPS) is 11.1. The summed E-state index contributed by atoms with van der Waals surface area (Å²) in [5.74, 6) is 1.19. The predicted molar refractivity (Wildman–Crippen MR) is 51.7 cm³/mol. The molecule has 0 bridgehead atoms. The number of unbranched alkanes of at least 4 members (excludes halogenated alkanes) is 2. The lowest BCUT2D eigenvalue weighted by Gasteiger charge is -2.16. The quantitative estimate of drug-likeness (QED) is 0.606. The van der Waals surface area contributed by atoms with E-state index in [1.54, 1.807) is 0 Å². The van der Waals surface area contributed by atoms with Crippen LogP contribution >= 0.6 is 11.8 Å². The first-order valence-electron chi connectivity index (χ1n) is 4.07. The summed E-state index contributed by atoms with van der Waals surface area (Å²) in [7, 11) is 0. The average Bonchev–Trinajstić information content (AvgIpc) is 1.85. The van der Waals surface area contributed by atoms with Gasteiger partial charge in [0.05, 0.1) is 6.07 Å². The maximum absolute atomic E-state index is 8.27. The maximum atomic E-state index is 8.27. The van der Waals surface area contributed by atoms with Crippen LogP contribution in [0.3, 0.4) is 0 Å². The number of nitriles is 1. The van der Waals surface area contributed by atoms with E-state index < -0.39 is 0 Å². The van der Waals surface area contributed by atoms with Gasteiger partial charge in [0.2, 0.25) is 0 Å². The molecule has 64 valence electrons. The summed E-state index contributed by atoms with van der Waals surface area (Å²) in [5, 5.41) is 8.27. The van der Waals surface area contributed by atoms with Crippen LogP contribution in [0.2, 0.25) is 0 Å². The SMILES string of the molecule is CC(C)(C)SCCCCC#N. The Morgan fingerprint density at radius 2 is 1.91 bits per heavy atom. The second-order valence-corrected chi connectivity index (χ2v) is 5.50. The minimum absolute atomic E-state index is 0.382. The van der Waals surface area contributed by atoms with E-state index in [1.807, 2.05) is 11.8 Å². The van der Waals surface area contributed by atoms with Gasteiger partial charge in [-0.05, 0) is 18.6 Å². The monoisotopic (exact) mass is 171 g/mol. The highest BCUT2D eigenvalue weighted by Gasteiger charge is 2.08. The summed E-state index contributed by atoms with van der Waals surface area (Å²) >= 11 is 1.97. The molecule has 0 radical (unpaired) electrons. The molecule has 0 aromatic rings. The van der Waals surface area contributed by atoms with E-state index in [1.165, 1.54) is 12.2 Å². The molecule has 2 heteroatoms. The molecular weight excluding hydrogens is 154 g/mol. The third-order valence-electron chi connectivity index (χ3n) is 1.22. The Bertz CT molecular complexity index is 129. The zero-order valence-corrected chi connectivity index (χ0v) is 8.50. The van der Waals surface area contributed by atoms with Gasteiger partial charge in [-0.1, -0.05) is 20.8 Å². The second kappa shape index (κ2) is 5.49. The largest absolute Gasteiger partial charge is 0.198 e. The lowest BCUT2D eigenvalue weighted by atomic mass is 10.3. The molecule has 0 fully saturated rings. The Balaban J connectivity index is 3.10. The van der Waals surface area contributed by atoms with Crippen molar-refractivity contribution in [2.45, 2.75) is 44.8 Å². The lowest BCUT2D eigenvalue weighted by molar-refractivity contribution is 0.785. The highest BCUT2D eigenvalue weighted by atomic mass is 32.2. The Morgan fingerprint density at radius 3 is 2.36 bits per heavy atom. The number of thioether (sulfide) groups is 1. The number of nitrogens with zero attached hydrogens (tertiary/aromatic N) is 1. The molecule has 0 aromatic heterocycles. The van der Waals surface area contributed by atoms with E-state index in [9.17, 15) is 0 Å². The van der Waals surface area contributed by atoms with Crippen LogP contribution in [0.15, 0.2) is 0 Å². The van der Waals surface area contributed by atoms with Crippen molar-refractivity contribution >= 4 is 11.8 Å². The molecule has 11 heavy (non-hydrogen) atoms. The van der Waals surface area contributed by atoms with Crippen molar-refractivity contribution in [3.8, 4) is 6.07 Å². The Kier molecular flexibility index (Phi) is 5.41. The van der Waals surface area contributed by atoms with E-state index in [4.69, 9.17) is 5.26 Å². The topological polar surface area (TPSA) is 23.8 Å². The van der Waals surface area contributed by atoms with E-state index in [2.05, 4.69) is 26.8 Å². The van der Waals surface area contributed by atoms with Crippen LogP contribution < -0.4 is 0 Å². The van der Waals surface area contributed by atoms with Crippen LogP contribution in [0.4, 0.5) is 0 Å². The van der Waals surface area contributed by atoms with Crippen LogP contribution in [0, 0.1) is 11.3 Å².